The fourth-order valence-corrected chi connectivity index (χ4v) is 2.49. The fraction of sp³-hybridized carbons (Fsp3) is 0.600. The summed E-state index contributed by atoms with van der Waals surface area (Å²) >= 11 is 0. The molecule has 0 aromatic carbocycles. The van der Waals surface area contributed by atoms with Crippen LogP contribution in [0, 0.1) is 5.41 Å². The second-order valence-electron chi connectivity index (χ2n) is 7.89. The Labute approximate surface area is 185 Å². The molecule has 7 nitrogen and oxygen atoms in total. The van der Waals surface area contributed by atoms with Crippen molar-refractivity contribution in [1.82, 2.24) is 25.8 Å². The minimum Gasteiger partial charge on any atom is -0.357 e. The van der Waals surface area contributed by atoms with E-state index in [4.69, 9.17) is 4.52 Å². The van der Waals surface area contributed by atoms with Gasteiger partial charge in [0.25, 0.3) is 5.89 Å². The Morgan fingerprint density at radius 3 is 2.71 bits per heavy atom. The second-order valence-corrected chi connectivity index (χ2v) is 7.89. The van der Waals surface area contributed by atoms with Crippen LogP contribution >= 0.6 is 24.0 Å². The van der Waals surface area contributed by atoms with Crippen molar-refractivity contribution in [3.8, 4) is 11.6 Å². The highest BCUT2D eigenvalue weighted by Crippen LogP contribution is 2.21. The van der Waals surface area contributed by atoms with Crippen molar-refractivity contribution in [3.05, 3.63) is 30.2 Å². The van der Waals surface area contributed by atoms with E-state index in [1.807, 2.05) is 18.2 Å². The molecule has 2 aromatic rings. The monoisotopic (exact) mass is 500 g/mol. The van der Waals surface area contributed by atoms with E-state index in [1.165, 1.54) is 6.42 Å². The average Bonchev–Trinajstić information content (AvgIpc) is 3.09. The van der Waals surface area contributed by atoms with E-state index in [0.29, 0.717) is 41.8 Å². The average molecular weight is 500 g/mol. The summed E-state index contributed by atoms with van der Waals surface area (Å²) in [5.74, 6) is 1.90. The first-order chi connectivity index (χ1) is 12.9. The predicted molar refractivity (Wildman–Crippen MR) is 124 cm³/mol. The normalized spacial score (nSPS) is 13.0. The molecule has 0 saturated heterocycles. The van der Waals surface area contributed by atoms with Crippen LogP contribution in [-0.4, -0.2) is 40.2 Å². The van der Waals surface area contributed by atoms with Gasteiger partial charge < -0.3 is 15.2 Å². The second kappa shape index (κ2) is 12.0. The topological polar surface area (TPSA) is 88.2 Å². The van der Waals surface area contributed by atoms with Gasteiger partial charge in [-0.2, -0.15) is 4.98 Å². The summed E-state index contributed by atoms with van der Waals surface area (Å²) in [5, 5.41) is 10.8. The Morgan fingerprint density at radius 1 is 1.29 bits per heavy atom. The minimum absolute atomic E-state index is 0. The van der Waals surface area contributed by atoms with E-state index in [1.54, 1.807) is 6.20 Å². The zero-order valence-corrected chi connectivity index (χ0v) is 19.9. The smallest absolute Gasteiger partial charge is 0.276 e. The Hall–Kier alpha value is -1.71. The van der Waals surface area contributed by atoms with E-state index in [-0.39, 0.29) is 24.0 Å². The van der Waals surface area contributed by atoms with E-state index < -0.39 is 0 Å². The van der Waals surface area contributed by atoms with Crippen molar-refractivity contribution in [2.45, 2.75) is 59.9 Å². The molecule has 156 valence electrons. The number of hydrogen-bond donors (Lipinski definition) is 2. The maximum atomic E-state index is 5.28. The van der Waals surface area contributed by atoms with E-state index in [2.05, 4.69) is 65.4 Å². The van der Waals surface area contributed by atoms with Gasteiger partial charge in [0.1, 0.15) is 5.69 Å². The number of halogens is 1. The molecule has 0 aliphatic heterocycles. The summed E-state index contributed by atoms with van der Waals surface area (Å²) in [7, 11) is 0. The SMILES string of the molecule is CCNC(=NCCc1noc(-c2ccccn2)n1)NC(C)CCC(C)(C)C.I. The number of guanidine groups is 1. The zero-order chi connectivity index (χ0) is 19.7. The molecule has 0 fully saturated rings. The number of nitrogens with one attached hydrogen (secondary N) is 2. The molecule has 0 radical (unpaired) electrons. The molecular formula is C20H33IN6O. The van der Waals surface area contributed by atoms with Gasteiger partial charge in [0.15, 0.2) is 11.8 Å². The van der Waals surface area contributed by atoms with Crippen LogP contribution < -0.4 is 10.6 Å². The van der Waals surface area contributed by atoms with E-state index in [9.17, 15) is 0 Å². The van der Waals surface area contributed by atoms with E-state index >= 15 is 0 Å². The lowest BCUT2D eigenvalue weighted by Gasteiger charge is -2.23. The molecule has 1 atom stereocenters. The summed E-state index contributed by atoms with van der Waals surface area (Å²) in [6.07, 6.45) is 4.59. The lowest BCUT2D eigenvalue weighted by Crippen LogP contribution is -2.42. The number of aliphatic imine (C=N–C) groups is 1. The summed E-state index contributed by atoms with van der Waals surface area (Å²) in [6, 6.07) is 5.96. The molecule has 0 spiro atoms. The van der Waals surface area contributed by atoms with E-state index in [0.717, 1.165) is 18.9 Å². The van der Waals surface area contributed by atoms with Crippen molar-refractivity contribution in [1.29, 1.82) is 0 Å². The summed E-state index contributed by atoms with van der Waals surface area (Å²) in [6.45, 7) is 12.5. The first kappa shape index (κ1) is 24.3. The van der Waals surface area contributed by atoms with Crippen molar-refractivity contribution in [2.24, 2.45) is 10.4 Å². The first-order valence-electron chi connectivity index (χ1n) is 9.66. The van der Waals surface area contributed by atoms with Crippen LogP contribution in [0.25, 0.3) is 11.6 Å². The standard InChI is InChI=1S/C20H32N6O.HI/c1-6-21-19(24-15(2)10-12-20(3,4)5)23-14-11-17-25-18(27-26-17)16-9-7-8-13-22-16;/h7-9,13,15H,6,10-12,14H2,1-5H3,(H2,21,23,24);1H. The van der Waals surface area contributed by atoms with Crippen LogP contribution in [-0.2, 0) is 6.42 Å². The van der Waals surface area contributed by atoms with Crippen molar-refractivity contribution < 1.29 is 4.52 Å². The quantitative estimate of drug-likeness (QED) is 0.323. The third kappa shape index (κ3) is 8.99. The van der Waals surface area contributed by atoms with Gasteiger partial charge in [0, 0.05) is 31.7 Å². The van der Waals surface area contributed by atoms with Crippen molar-refractivity contribution >= 4 is 29.9 Å². The zero-order valence-electron chi connectivity index (χ0n) is 17.5. The molecule has 0 amide bonds. The Balaban J connectivity index is 0.00000392. The Bertz CT molecular complexity index is 711. The Morgan fingerprint density at radius 2 is 2.07 bits per heavy atom. The van der Waals surface area contributed by atoms with Gasteiger partial charge >= 0.3 is 0 Å². The molecule has 2 rings (SSSR count). The van der Waals surface area contributed by atoms with Gasteiger partial charge in [-0.05, 0) is 44.2 Å². The molecular weight excluding hydrogens is 467 g/mol. The van der Waals surface area contributed by atoms with Crippen LogP contribution in [0.5, 0.6) is 0 Å². The van der Waals surface area contributed by atoms with Gasteiger partial charge in [0.2, 0.25) is 0 Å². The summed E-state index contributed by atoms with van der Waals surface area (Å²) in [4.78, 5) is 13.2. The maximum absolute atomic E-state index is 5.28. The van der Waals surface area contributed by atoms with Crippen LogP contribution in [0.3, 0.4) is 0 Å². The number of hydrogen-bond acceptors (Lipinski definition) is 5. The van der Waals surface area contributed by atoms with Crippen LogP contribution in [0.15, 0.2) is 33.9 Å². The molecule has 0 bridgehead atoms. The van der Waals surface area contributed by atoms with Gasteiger partial charge in [-0.25, -0.2) is 0 Å². The highest BCUT2D eigenvalue weighted by molar-refractivity contribution is 14.0. The molecule has 2 N–H and O–H groups in total. The van der Waals surface area contributed by atoms with Crippen molar-refractivity contribution in [2.75, 3.05) is 13.1 Å². The fourth-order valence-electron chi connectivity index (χ4n) is 2.49. The molecule has 2 aromatic heterocycles. The number of pyridine rings is 1. The molecule has 8 heteroatoms. The van der Waals surface area contributed by atoms with Crippen LogP contribution in [0.1, 0.15) is 53.3 Å². The third-order valence-electron chi connectivity index (χ3n) is 4.01. The molecule has 1 unspecified atom stereocenters. The molecule has 0 aliphatic carbocycles. The summed E-state index contributed by atoms with van der Waals surface area (Å²) < 4.78 is 5.28. The largest absolute Gasteiger partial charge is 0.357 e. The highest BCUT2D eigenvalue weighted by Gasteiger charge is 2.13. The molecule has 2 heterocycles. The predicted octanol–water partition coefficient (Wildman–Crippen LogP) is 4.06. The lowest BCUT2D eigenvalue weighted by atomic mass is 9.89. The number of rotatable bonds is 8. The van der Waals surface area contributed by atoms with Gasteiger partial charge in [-0.1, -0.05) is 32.0 Å². The first-order valence-corrected chi connectivity index (χ1v) is 9.66. The highest BCUT2D eigenvalue weighted by atomic mass is 127. The van der Waals surface area contributed by atoms with Crippen molar-refractivity contribution in [3.63, 3.8) is 0 Å². The minimum atomic E-state index is 0. The van der Waals surface area contributed by atoms with Gasteiger partial charge in [0.05, 0.1) is 0 Å². The molecule has 28 heavy (non-hydrogen) atoms. The number of aromatic nitrogens is 3. The van der Waals surface area contributed by atoms with Crippen LogP contribution in [0.2, 0.25) is 0 Å². The lowest BCUT2D eigenvalue weighted by molar-refractivity contribution is 0.346. The van der Waals surface area contributed by atoms with Crippen LogP contribution in [0.4, 0.5) is 0 Å². The molecule has 0 aliphatic rings. The third-order valence-corrected chi connectivity index (χ3v) is 4.01. The molecule has 0 saturated carbocycles. The Kier molecular flexibility index (Phi) is 10.4. The summed E-state index contributed by atoms with van der Waals surface area (Å²) in [5.41, 5.74) is 1.03. The number of nitrogens with zero attached hydrogens (tertiary/aromatic N) is 4. The van der Waals surface area contributed by atoms with Gasteiger partial charge in [-0.15, -0.1) is 24.0 Å². The maximum Gasteiger partial charge on any atom is 0.276 e. The van der Waals surface area contributed by atoms with Gasteiger partial charge in [-0.3, -0.25) is 9.98 Å².